The number of nitrogens with two attached hydrogens (primary N) is 1. The minimum atomic E-state index is -0.630. The lowest BCUT2D eigenvalue weighted by molar-refractivity contribution is 0.0702. The molecule has 0 amide bonds. The first-order valence-corrected chi connectivity index (χ1v) is 10.8. The maximum atomic E-state index is 12.8. The number of aryl methyl sites for hydroxylation is 2. The van der Waals surface area contributed by atoms with Gasteiger partial charge in [-0.2, -0.15) is 5.26 Å². The van der Waals surface area contributed by atoms with E-state index in [0.29, 0.717) is 34.0 Å². The summed E-state index contributed by atoms with van der Waals surface area (Å²) < 4.78 is 23.6. The summed E-state index contributed by atoms with van der Waals surface area (Å²) in [5.41, 5.74) is 8.24. The third-order valence-electron chi connectivity index (χ3n) is 5.53. The van der Waals surface area contributed by atoms with E-state index < -0.39 is 11.9 Å². The molecule has 33 heavy (non-hydrogen) atoms. The Morgan fingerprint density at radius 3 is 2.67 bits per heavy atom. The van der Waals surface area contributed by atoms with E-state index in [-0.39, 0.29) is 23.0 Å². The van der Waals surface area contributed by atoms with Gasteiger partial charge in [-0.05, 0) is 50.2 Å². The Kier molecular flexibility index (Phi) is 4.99. The quantitative estimate of drug-likeness (QED) is 0.275. The Bertz CT molecular complexity index is 1510. The minimum Gasteiger partial charge on any atom is -0.465 e. The number of nitrogens with zero attached hydrogens (tertiary/aromatic N) is 1. The molecule has 0 fully saturated rings. The number of carbonyl (C=O) groups is 1. The summed E-state index contributed by atoms with van der Waals surface area (Å²) in [6.45, 7) is 3.62. The highest BCUT2D eigenvalue weighted by molar-refractivity contribution is 9.10. The molecule has 0 saturated heterocycles. The molecule has 2 N–H and O–H groups in total. The second kappa shape index (κ2) is 7.87. The number of allylic oxidation sites excluding steroid dienone is 1. The van der Waals surface area contributed by atoms with Crippen molar-refractivity contribution in [3.63, 3.8) is 0 Å². The van der Waals surface area contributed by atoms with E-state index in [0.717, 1.165) is 9.86 Å². The molecule has 4 aromatic rings. The predicted octanol–water partition coefficient (Wildman–Crippen LogP) is 5.84. The van der Waals surface area contributed by atoms with Crippen LogP contribution in [0.4, 0.5) is 0 Å². The Hall–Kier alpha value is -3.96. The van der Waals surface area contributed by atoms with Crippen LogP contribution in [0.25, 0.3) is 11.0 Å². The summed E-state index contributed by atoms with van der Waals surface area (Å²) in [7, 11) is 0. The highest BCUT2D eigenvalue weighted by atomic mass is 79.9. The molecular formula is C25H17BrN2O5. The highest BCUT2D eigenvalue weighted by Gasteiger charge is 2.33. The number of hydrogen-bond acceptors (Lipinski definition) is 7. The first-order valence-electron chi connectivity index (χ1n) is 10.0. The molecule has 164 valence electrons. The number of fused-ring (bicyclic) bond motifs is 2. The first-order chi connectivity index (χ1) is 15.9. The van der Waals surface area contributed by atoms with E-state index in [4.69, 9.17) is 24.0 Å². The van der Waals surface area contributed by atoms with Crippen molar-refractivity contribution in [2.45, 2.75) is 19.8 Å². The molecule has 3 heterocycles. The van der Waals surface area contributed by atoms with E-state index >= 15 is 0 Å². The van der Waals surface area contributed by atoms with E-state index in [9.17, 15) is 10.1 Å². The molecule has 1 aliphatic heterocycles. The second-order valence-electron chi connectivity index (χ2n) is 7.66. The largest absolute Gasteiger partial charge is 0.465 e. The van der Waals surface area contributed by atoms with Crippen molar-refractivity contribution >= 4 is 32.9 Å². The Labute approximate surface area is 197 Å². The van der Waals surface area contributed by atoms with Gasteiger partial charge in [0.15, 0.2) is 0 Å². The zero-order valence-corrected chi connectivity index (χ0v) is 19.2. The normalized spacial score (nSPS) is 15.2. The van der Waals surface area contributed by atoms with Crippen LogP contribution < -0.4 is 15.2 Å². The standard InChI is InChI=1S/C25H17BrN2O5/c1-12-3-7-20(30-12)22-16-6-5-15(10-21(16)33-24(28)18(22)11-27)31-25(29)23-13(2)17-9-14(26)4-8-19(17)32-23/h3-10,22H,28H2,1-2H3. The molecule has 0 saturated carbocycles. The smallest absolute Gasteiger partial charge is 0.379 e. The van der Waals surface area contributed by atoms with Crippen LogP contribution in [-0.2, 0) is 0 Å². The SMILES string of the molecule is Cc1ccc(C2C(C#N)=C(N)Oc3cc(OC(=O)c4oc5ccc(Br)cc5c4C)ccc32)o1. The third-order valence-corrected chi connectivity index (χ3v) is 6.02. The fourth-order valence-electron chi connectivity index (χ4n) is 3.94. The molecule has 0 bridgehead atoms. The zero-order chi connectivity index (χ0) is 23.3. The lowest BCUT2D eigenvalue weighted by Gasteiger charge is -2.25. The van der Waals surface area contributed by atoms with Gasteiger partial charge in [-0.15, -0.1) is 0 Å². The van der Waals surface area contributed by atoms with Gasteiger partial charge in [-0.3, -0.25) is 0 Å². The number of ether oxygens (including phenoxy) is 2. The first kappa shape index (κ1) is 20.9. The number of furan rings is 2. The van der Waals surface area contributed by atoms with Crippen LogP contribution in [0, 0.1) is 25.2 Å². The van der Waals surface area contributed by atoms with Crippen LogP contribution in [-0.4, -0.2) is 5.97 Å². The number of benzene rings is 2. The van der Waals surface area contributed by atoms with Crippen molar-refractivity contribution in [2.75, 3.05) is 0 Å². The number of carbonyl (C=O) groups excluding carboxylic acids is 1. The summed E-state index contributed by atoms with van der Waals surface area (Å²) in [6.07, 6.45) is 0. The van der Waals surface area contributed by atoms with Gasteiger partial charge < -0.3 is 24.0 Å². The van der Waals surface area contributed by atoms with Gasteiger partial charge in [0.2, 0.25) is 11.6 Å². The fourth-order valence-corrected chi connectivity index (χ4v) is 4.30. The van der Waals surface area contributed by atoms with Gasteiger partial charge >= 0.3 is 5.97 Å². The highest BCUT2D eigenvalue weighted by Crippen LogP contribution is 2.44. The van der Waals surface area contributed by atoms with Crippen molar-refractivity contribution in [3.05, 3.63) is 92.9 Å². The lowest BCUT2D eigenvalue weighted by atomic mass is 9.87. The summed E-state index contributed by atoms with van der Waals surface area (Å²) in [5.74, 6) is 0.868. The maximum Gasteiger partial charge on any atom is 0.379 e. The molecule has 7 nitrogen and oxygen atoms in total. The van der Waals surface area contributed by atoms with E-state index in [1.165, 1.54) is 0 Å². The predicted molar refractivity (Wildman–Crippen MR) is 123 cm³/mol. The Morgan fingerprint density at radius 1 is 1.12 bits per heavy atom. The minimum absolute atomic E-state index is 0.0220. The van der Waals surface area contributed by atoms with Gasteiger partial charge in [-0.25, -0.2) is 4.79 Å². The number of rotatable bonds is 3. The van der Waals surface area contributed by atoms with Crippen LogP contribution in [0.5, 0.6) is 11.5 Å². The van der Waals surface area contributed by atoms with Crippen molar-refractivity contribution in [1.82, 2.24) is 0 Å². The number of esters is 1. The van der Waals surface area contributed by atoms with Gasteiger partial charge in [0.1, 0.15) is 40.2 Å². The van der Waals surface area contributed by atoms with E-state index in [1.54, 1.807) is 37.3 Å². The molecule has 1 aliphatic rings. The lowest BCUT2D eigenvalue weighted by Crippen LogP contribution is -2.21. The van der Waals surface area contributed by atoms with Crippen LogP contribution in [0.1, 0.15) is 39.1 Å². The number of halogens is 1. The maximum absolute atomic E-state index is 12.8. The average molecular weight is 505 g/mol. The van der Waals surface area contributed by atoms with Crippen LogP contribution in [0.2, 0.25) is 0 Å². The van der Waals surface area contributed by atoms with Gasteiger partial charge in [0.05, 0.1) is 5.92 Å². The fraction of sp³-hybridized carbons (Fsp3) is 0.120. The molecule has 0 spiro atoms. The number of hydrogen-bond donors (Lipinski definition) is 1. The summed E-state index contributed by atoms with van der Waals surface area (Å²) in [6, 6.07) is 16.2. The molecule has 8 heteroatoms. The van der Waals surface area contributed by atoms with Gasteiger partial charge in [0, 0.05) is 27.1 Å². The number of nitriles is 1. The molecule has 5 rings (SSSR count). The van der Waals surface area contributed by atoms with E-state index in [2.05, 4.69) is 22.0 Å². The molecule has 2 aromatic heterocycles. The summed E-state index contributed by atoms with van der Waals surface area (Å²) in [4.78, 5) is 12.8. The van der Waals surface area contributed by atoms with Crippen molar-refractivity contribution < 1.29 is 23.1 Å². The van der Waals surface area contributed by atoms with Crippen LogP contribution >= 0.6 is 15.9 Å². The zero-order valence-electron chi connectivity index (χ0n) is 17.6. The van der Waals surface area contributed by atoms with Gasteiger partial charge in [-0.1, -0.05) is 22.0 Å². The summed E-state index contributed by atoms with van der Waals surface area (Å²) >= 11 is 3.43. The van der Waals surface area contributed by atoms with Crippen LogP contribution in [0.3, 0.4) is 0 Å². The molecule has 0 radical (unpaired) electrons. The van der Waals surface area contributed by atoms with Crippen molar-refractivity contribution in [3.8, 4) is 17.6 Å². The molecule has 0 aliphatic carbocycles. The second-order valence-corrected chi connectivity index (χ2v) is 8.57. The van der Waals surface area contributed by atoms with E-state index in [1.807, 2.05) is 25.1 Å². The Balaban J connectivity index is 1.49. The third kappa shape index (κ3) is 3.56. The molecule has 1 unspecified atom stereocenters. The molecular weight excluding hydrogens is 488 g/mol. The van der Waals surface area contributed by atoms with Crippen molar-refractivity contribution in [2.24, 2.45) is 5.73 Å². The van der Waals surface area contributed by atoms with Gasteiger partial charge in [0.25, 0.3) is 0 Å². The molecule has 1 atom stereocenters. The average Bonchev–Trinajstić information content (AvgIpc) is 3.36. The molecule has 2 aromatic carbocycles. The van der Waals surface area contributed by atoms with Crippen LogP contribution in [0.15, 0.2) is 73.3 Å². The summed E-state index contributed by atoms with van der Waals surface area (Å²) in [5, 5.41) is 10.5. The monoisotopic (exact) mass is 504 g/mol. The Morgan fingerprint density at radius 2 is 1.94 bits per heavy atom. The topological polar surface area (TPSA) is 112 Å². The van der Waals surface area contributed by atoms with Crippen molar-refractivity contribution in [1.29, 1.82) is 5.26 Å².